The summed E-state index contributed by atoms with van der Waals surface area (Å²) in [6.45, 7) is 9.92. The van der Waals surface area contributed by atoms with Crippen LogP contribution < -0.4 is 25.0 Å². The summed E-state index contributed by atoms with van der Waals surface area (Å²) < 4.78 is 10.8. The molecule has 30 heavy (non-hydrogen) atoms. The van der Waals surface area contributed by atoms with E-state index in [0.717, 1.165) is 55.1 Å². The molecule has 7 heteroatoms. The van der Waals surface area contributed by atoms with E-state index in [9.17, 15) is 0 Å². The van der Waals surface area contributed by atoms with Crippen molar-refractivity contribution in [2.24, 2.45) is 10.9 Å². The van der Waals surface area contributed by atoms with Crippen molar-refractivity contribution in [1.29, 1.82) is 0 Å². The van der Waals surface area contributed by atoms with Gasteiger partial charge in [0.25, 0.3) is 0 Å². The standard InChI is InChI=1S/C23H39N5O2/c1-17-7-6-9-27(15-17)18(2)14-25-23(24-3)26-19-8-10-28(16-19)20-11-21(29-4)13-22(12-20)30-5/h11-13,17-19H,6-10,14-16H2,1-5H3,(H2,24,25,26). The van der Waals surface area contributed by atoms with Gasteiger partial charge in [-0.2, -0.15) is 0 Å². The minimum atomic E-state index is 0.360. The Morgan fingerprint density at radius 1 is 1.13 bits per heavy atom. The molecule has 0 aromatic heterocycles. The van der Waals surface area contributed by atoms with E-state index in [1.807, 2.05) is 13.1 Å². The van der Waals surface area contributed by atoms with Crippen molar-refractivity contribution in [2.45, 2.75) is 45.2 Å². The lowest BCUT2D eigenvalue weighted by atomic mass is 9.99. The molecule has 0 aliphatic carbocycles. The van der Waals surface area contributed by atoms with Gasteiger partial charge in [0.1, 0.15) is 11.5 Å². The highest BCUT2D eigenvalue weighted by atomic mass is 16.5. The summed E-state index contributed by atoms with van der Waals surface area (Å²) in [7, 11) is 5.23. The number of rotatable bonds is 7. The fraction of sp³-hybridized carbons (Fsp3) is 0.696. The smallest absolute Gasteiger partial charge is 0.191 e. The van der Waals surface area contributed by atoms with E-state index >= 15 is 0 Å². The van der Waals surface area contributed by atoms with Gasteiger partial charge in [0, 0.05) is 69.2 Å². The Morgan fingerprint density at radius 2 is 1.87 bits per heavy atom. The van der Waals surface area contributed by atoms with Crippen LogP contribution in [0.15, 0.2) is 23.2 Å². The highest BCUT2D eigenvalue weighted by Crippen LogP contribution is 2.30. The topological polar surface area (TPSA) is 61.4 Å². The highest BCUT2D eigenvalue weighted by molar-refractivity contribution is 5.80. The van der Waals surface area contributed by atoms with Crippen molar-refractivity contribution in [3.63, 3.8) is 0 Å². The maximum absolute atomic E-state index is 5.42. The predicted molar refractivity (Wildman–Crippen MR) is 124 cm³/mol. The molecule has 2 heterocycles. The summed E-state index contributed by atoms with van der Waals surface area (Å²) in [4.78, 5) is 9.42. The quantitative estimate of drug-likeness (QED) is 0.525. The third-order valence-electron chi connectivity index (χ3n) is 6.33. The minimum Gasteiger partial charge on any atom is -0.497 e. The lowest BCUT2D eigenvalue weighted by Gasteiger charge is -2.35. The Balaban J connectivity index is 1.50. The van der Waals surface area contributed by atoms with Gasteiger partial charge in [-0.15, -0.1) is 0 Å². The molecule has 2 saturated heterocycles. The third-order valence-corrected chi connectivity index (χ3v) is 6.33. The molecular weight excluding hydrogens is 378 g/mol. The predicted octanol–water partition coefficient (Wildman–Crippen LogP) is 2.57. The molecule has 1 aromatic carbocycles. The monoisotopic (exact) mass is 417 g/mol. The molecule has 3 unspecified atom stereocenters. The van der Waals surface area contributed by atoms with E-state index in [1.165, 1.54) is 25.9 Å². The number of guanidine groups is 1. The van der Waals surface area contributed by atoms with Crippen LogP contribution in [0.4, 0.5) is 5.69 Å². The Hall–Kier alpha value is -2.15. The maximum Gasteiger partial charge on any atom is 0.191 e. The zero-order chi connectivity index (χ0) is 21.5. The third kappa shape index (κ3) is 5.94. The Bertz CT molecular complexity index is 689. The number of hydrogen-bond donors (Lipinski definition) is 2. The zero-order valence-electron chi connectivity index (χ0n) is 19.3. The van der Waals surface area contributed by atoms with Crippen LogP contribution >= 0.6 is 0 Å². The molecule has 0 bridgehead atoms. The number of hydrogen-bond acceptors (Lipinski definition) is 5. The van der Waals surface area contributed by atoms with Crippen LogP contribution in [0.1, 0.15) is 33.1 Å². The van der Waals surface area contributed by atoms with E-state index in [1.54, 1.807) is 14.2 Å². The lowest BCUT2D eigenvalue weighted by molar-refractivity contribution is 0.139. The van der Waals surface area contributed by atoms with Gasteiger partial charge in [-0.25, -0.2) is 0 Å². The first-order chi connectivity index (χ1) is 14.5. The zero-order valence-corrected chi connectivity index (χ0v) is 19.3. The van der Waals surface area contributed by atoms with Gasteiger partial charge in [-0.1, -0.05) is 6.92 Å². The minimum absolute atomic E-state index is 0.360. The van der Waals surface area contributed by atoms with Crippen molar-refractivity contribution in [2.75, 3.05) is 58.9 Å². The van der Waals surface area contributed by atoms with Gasteiger partial charge >= 0.3 is 0 Å². The molecule has 7 nitrogen and oxygen atoms in total. The average Bonchev–Trinajstić information content (AvgIpc) is 3.24. The molecule has 0 radical (unpaired) electrons. The first kappa shape index (κ1) is 22.5. The summed E-state index contributed by atoms with van der Waals surface area (Å²) in [6, 6.07) is 6.92. The van der Waals surface area contributed by atoms with Gasteiger partial charge in [0.05, 0.1) is 14.2 Å². The molecule has 2 aliphatic rings. The van der Waals surface area contributed by atoms with E-state index in [0.29, 0.717) is 12.1 Å². The SMILES string of the molecule is CN=C(NCC(C)N1CCCC(C)C1)NC1CCN(c2cc(OC)cc(OC)c2)C1. The number of methoxy groups -OCH3 is 2. The van der Waals surface area contributed by atoms with Crippen LogP contribution in [0.5, 0.6) is 11.5 Å². The van der Waals surface area contributed by atoms with E-state index in [4.69, 9.17) is 9.47 Å². The van der Waals surface area contributed by atoms with Gasteiger partial charge < -0.3 is 25.0 Å². The van der Waals surface area contributed by atoms with Crippen LogP contribution in [0, 0.1) is 5.92 Å². The van der Waals surface area contributed by atoms with Crippen molar-refractivity contribution < 1.29 is 9.47 Å². The number of piperidine rings is 1. The number of aliphatic imine (C=N–C) groups is 1. The number of ether oxygens (including phenoxy) is 2. The summed E-state index contributed by atoms with van der Waals surface area (Å²) in [5.41, 5.74) is 1.13. The fourth-order valence-corrected chi connectivity index (χ4v) is 4.48. The van der Waals surface area contributed by atoms with Gasteiger partial charge in [-0.3, -0.25) is 9.89 Å². The molecular formula is C23H39N5O2. The van der Waals surface area contributed by atoms with Crippen molar-refractivity contribution in [3.05, 3.63) is 18.2 Å². The van der Waals surface area contributed by atoms with Crippen LogP contribution in [-0.2, 0) is 0 Å². The van der Waals surface area contributed by atoms with E-state index in [-0.39, 0.29) is 0 Å². The molecule has 0 saturated carbocycles. The summed E-state index contributed by atoms with van der Waals surface area (Å²) >= 11 is 0. The molecule has 2 aliphatic heterocycles. The molecule has 0 spiro atoms. The Morgan fingerprint density at radius 3 is 2.50 bits per heavy atom. The number of likely N-dealkylation sites (tertiary alicyclic amines) is 1. The molecule has 3 rings (SSSR count). The normalized spacial score (nSPS) is 23.9. The second-order valence-electron chi connectivity index (χ2n) is 8.69. The molecule has 3 atom stereocenters. The summed E-state index contributed by atoms with van der Waals surface area (Å²) in [5.74, 6) is 3.33. The molecule has 168 valence electrons. The molecule has 2 N–H and O–H groups in total. The number of nitrogens with one attached hydrogen (secondary N) is 2. The van der Waals surface area contributed by atoms with Crippen LogP contribution in [0.25, 0.3) is 0 Å². The number of nitrogens with zero attached hydrogens (tertiary/aromatic N) is 3. The Labute approximate surface area is 181 Å². The fourth-order valence-electron chi connectivity index (χ4n) is 4.48. The van der Waals surface area contributed by atoms with Crippen LogP contribution in [0.2, 0.25) is 0 Å². The highest BCUT2D eigenvalue weighted by Gasteiger charge is 2.25. The maximum atomic E-state index is 5.42. The van der Waals surface area contributed by atoms with Gasteiger partial charge in [0.2, 0.25) is 0 Å². The second-order valence-corrected chi connectivity index (χ2v) is 8.69. The largest absolute Gasteiger partial charge is 0.497 e. The van der Waals surface area contributed by atoms with Gasteiger partial charge in [0.15, 0.2) is 5.96 Å². The number of anilines is 1. The summed E-state index contributed by atoms with van der Waals surface area (Å²) in [6.07, 6.45) is 3.74. The second kappa shape index (κ2) is 10.8. The van der Waals surface area contributed by atoms with Crippen molar-refractivity contribution in [3.8, 4) is 11.5 Å². The Kier molecular flexibility index (Phi) is 8.08. The van der Waals surface area contributed by atoms with Crippen molar-refractivity contribution in [1.82, 2.24) is 15.5 Å². The van der Waals surface area contributed by atoms with Crippen LogP contribution in [-0.4, -0.2) is 76.9 Å². The van der Waals surface area contributed by atoms with Crippen molar-refractivity contribution >= 4 is 11.6 Å². The van der Waals surface area contributed by atoms with E-state index in [2.05, 4.69) is 51.4 Å². The lowest BCUT2D eigenvalue weighted by Crippen LogP contribution is -2.50. The number of benzene rings is 1. The first-order valence-electron chi connectivity index (χ1n) is 11.2. The molecule has 0 amide bonds. The molecule has 2 fully saturated rings. The van der Waals surface area contributed by atoms with E-state index < -0.39 is 0 Å². The molecule has 1 aromatic rings. The average molecular weight is 418 g/mol. The summed E-state index contributed by atoms with van der Waals surface area (Å²) in [5, 5.41) is 7.14. The first-order valence-corrected chi connectivity index (χ1v) is 11.2. The van der Waals surface area contributed by atoms with Crippen LogP contribution in [0.3, 0.4) is 0 Å². The van der Waals surface area contributed by atoms with Gasteiger partial charge in [-0.05, 0) is 38.6 Å².